The molecule has 1 fully saturated rings. The number of hydrogen-bond donors (Lipinski definition) is 1. The summed E-state index contributed by atoms with van der Waals surface area (Å²) >= 11 is 0. The van der Waals surface area contributed by atoms with Crippen LogP contribution in [0.2, 0.25) is 0 Å². The Kier molecular flexibility index (Phi) is 4.03. The Labute approximate surface area is 124 Å². The molecule has 5 heteroatoms. The molecule has 1 N–H and O–H groups in total. The molecule has 1 heterocycles. The zero-order valence-electron chi connectivity index (χ0n) is 12.9. The van der Waals surface area contributed by atoms with Gasteiger partial charge >= 0.3 is 0 Å². The Balaban J connectivity index is 2.53. The number of nitrogens with one attached hydrogen (secondary N) is 1. The maximum atomic E-state index is 14.2. The second-order valence-electron chi connectivity index (χ2n) is 5.58. The summed E-state index contributed by atoms with van der Waals surface area (Å²) in [4.78, 5) is 26.3. The van der Waals surface area contributed by atoms with Crippen LogP contribution in [-0.2, 0) is 9.59 Å². The third-order valence-electron chi connectivity index (χ3n) is 4.33. The highest BCUT2D eigenvalue weighted by atomic mass is 19.1. The van der Waals surface area contributed by atoms with Gasteiger partial charge < -0.3 is 5.32 Å². The molecule has 0 bridgehead atoms. The van der Waals surface area contributed by atoms with Crippen molar-refractivity contribution in [2.24, 2.45) is 0 Å². The lowest BCUT2D eigenvalue weighted by atomic mass is 9.87. The number of nitrogens with zero attached hydrogens (tertiary/aromatic N) is 1. The number of carbonyl (C=O) groups is 2. The highest BCUT2D eigenvalue weighted by Crippen LogP contribution is 2.31. The van der Waals surface area contributed by atoms with Crippen LogP contribution >= 0.6 is 0 Å². The van der Waals surface area contributed by atoms with Gasteiger partial charge in [-0.2, -0.15) is 0 Å². The molecule has 1 aromatic rings. The lowest BCUT2D eigenvalue weighted by Gasteiger charge is -2.44. The Morgan fingerprint density at radius 2 is 1.90 bits per heavy atom. The maximum absolute atomic E-state index is 14.2. The SMILES string of the molecule is CCC1(CC)NC(=O)C(C)N(c2ccc(C)cc2F)C1=O. The van der Waals surface area contributed by atoms with Crippen LogP contribution < -0.4 is 10.2 Å². The summed E-state index contributed by atoms with van der Waals surface area (Å²) in [5.74, 6) is -0.980. The largest absolute Gasteiger partial charge is 0.340 e. The fourth-order valence-electron chi connectivity index (χ4n) is 2.77. The van der Waals surface area contributed by atoms with E-state index in [2.05, 4.69) is 5.32 Å². The van der Waals surface area contributed by atoms with Gasteiger partial charge in [0.2, 0.25) is 5.91 Å². The number of rotatable bonds is 3. The number of anilines is 1. The van der Waals surface area contributed by atoms with Crippen LogP contribution in [0.4, 0.5) is 10.1 Å². The van der Waals surface area contributed by atoms with Crippen LogP contribution in [0.25, 0.3) is 0 Å². The average Bonchev–Trinajstić information content (AvgIpc) is 2.45. The molecule has 1 unspecified atom stereocenters. The third kappa shape index (κ3) is 2.41. The number of halogens is 1. The van der Waals surface area contributed by atoms with E-state index in [1.165, 1.54) is 11.0 Å². The van der Waals surface area contributed by atoms with Crippen LogP contribution in [0.1, 0.15) is 39.2 Å². The number of benzene rings is 1. The summed E-state index contributed by atoms with van der Waals surface area (Å²) in [7, 11) is 0. The van der Waals surface area contributed by atoms with Gasteiger partial charge in [-0.3, -0.25) is 14.5 Å². The van der Waals surface area contributed by atoms with Crippen molar-refractivity contribution in [3.8, 4) is 0 Å². The second kappa shape index (κ2) is 5.47. The van der Waals surface area contributed by atoms with Gasteiger partial charge in [0.05, 0.1) is 5.69 Å². The lowest BCUT2D eigenvalue weighted by Crippen LogP contribution is -2.69. The van der Waals surface area contributed by atoms with E-state index < -0.39 is 17.4 Å². The van der Waals surface area contributed by atoms with Crippen LogP contribution in [0.3, 0.4) is 0 Å². The van der Waals surface area contributed by atoms with E-state index in [1.807, 2.05) is 13.8 Å². The van der Waals surface area contributed by atoms with Crippen molar-refractivity contribution in [1.82, 2.24) is 5.32 Å². The van der Waals surface area contributed by atoms with E-state index in [1.54, 1.807) is 26.0 Å². The molecule has 4 nitrogen and oxygen atoms in total. The molecule has 1 saturated heterocycles. The fraction of sp³-hybridized carbons (Fsp3) is 0.500. The van der Waals surface area contributed by atoms with Gasteiger partial charge in [-0.05, 0) is 44.4 Å². The molecule has 1 atom stereocenters. The monoisotopic (exact) mass is 292 g/mol. The smallest absolute Gasteiger partial charge is 0.253 e. The van der Waals surface area contributed by atoms with Gasteiger partial charge in [0, 0.05) is 0 Å². The van der Waals surface area contributed by atoms with E-state index in [9.17, 15) is 14.0 Å². The minimum atomic E-state index is -0.944. The summed E-state index contributed by atoms with van der Waals surface area (Å²) in [5, 5.41) is 2.81. The highest BCUT2D eigenvalue weighted by molar-refractivity contribution is 6.10. The van der Waals surface area contributed by atoms with E-state index in [-0.39, 0.29) is 17.5 Å². The Morgan fingerprint density at radius 3 is 2.43 bits per heavy atom. The molecular weight excluding hydrogens is 271 g/mol. The van der Waals surface area contributed by atoms with Crippen molar-refractivity contribution in [1.29, 1.82) is 0 Å². The lowest BCUT2D eigenvalue weighted by molar-refractivity contribution is -0.138. The fourth-order valence-corrected chi connectivity index (χ4v) is 2.77. The molecule has 2 rings (SSSR count). The Bertz CT molecular complexity index is 582. The van der Waals surface area contributed by atoms with Crippen molar-refractivity contribution in [3.63, 3.8) is 0 Å². The normalized spacial score (nSPS) is 21.4. The summed E-state index contributed by atoms with van der Waals surface area (Å²) in [6.45, 7) is 7.09. The van der Waals surface area contributed by atoms with E-state index in [0.717, 1.165) is 5.56 Å². The molecule has 1 aliphatic heterocycles. The molecule has 0 aliphatic carbocycles. The molecular formula is C16H21FN2O2. The van der Waals surface area contributed by atoms with Crippen molar-refractivity contribution >= 4 is 17.5 Å². The highest BCUT2D eigenvalue weighted by Gasteiger charge is 2.48. The van der Waals surface area contributed by atoms with Crippen molar-refractivity contribution in [2.45, 2.75) is 52.1 Å². The van der Waals surface area contributed by atoms with Gasteiger partial charge in [-0.15, -0.1) is 0 Å². The van der Waals surface area contributed by atoms with Gasteiger partial charge in [0.15, 0.2) is 0 Å². The van der Waals surface area contributed by atoms with Crippen molar-refractivity contribution in [2.75, 3.05) is 4.90 Å². The van der Waals surface area contributed by atoms with Crippen LogP contribution in [-0.4, -0.2) is 23.4 Å². The second-order valence-corrected chi connectivity index (χ2v) is 5.58. The predicted octanol–water partition coefficient (Wildman–Crippen LogP) is 2.54. The quantitative estimate of drug-likeness (QED) is 0.930. The Hall–Kier alpha value is -1.91. The zero-order chi connectivity index (χ0) is 15.8. The maximum Gasteiger partial charge on any atom is 0.253 e. The number of amides is 2. The van der Waals surface area contributed by atoms with Crippen LogP contribution in [0, 0.1) is 12.7 Å². The first-order chi connectivity index (χ1) is 9.86. The van der Waals surface area contributed by atoms with Crippen molar-refractivity contribution in [3.05, 3.63) is 29.6 Å². The molecule has 1 aromatic carbocycles. The summed E-state index contributed by atoms with van der Waals surface area (Å²) < 4.78 is 14.2. The van der Waals surface area contributed by atoms with Gasteiger partial charge in [0.25, 0.3) is 5.91 Å². The molecule has 2 amide bonds. The van der Waals surface area contributed by atoms with Crippen molar-refractivity contribution < 1.29 is 14.0 Å². The van der Waals surface area contributed by atoms with Gasteiger partial charge in [0.1, 0.15) is 17.4 Å². The summed E-state index contributed by atoms with van der Waals surface area (Å²) in [6, 6.07) is 3.96. The Morgan fingerprint density at radius 1 is 1.29 bits per heavy atom. The number of aryl methyl sites for hydroxylation is 1. The molecule has 114 valence electrons. The van der Waals surface area contributed by atoms with Gasteiger partial charge in [-0.25, -0.2) is 4.39 Å². The minimum Gasteiger partial charge on any atom is -0.340 e. The standard InChI is InChI=1S/C16H21FN2O2/c1-5-16(6-2)15(21)19(11(4)14(20)18-16)13-8-7-10(3)9-12(13)17/h7-9,11H,5-6H2,1-4H3,(H,18,20). The number of piperazine rings is 1. The molecule has 0 spiro atoms. The van der Waals surface area contributed by atoms with E-state index in [4.69, 9.17) is 0 Å². The molecule has 21 heavy (non-hydrogen) atoms. The van der Waals surface area contributed by atoms with Gasteiger partial charge in [-0.1, -0.05) is 19.9 Å². The topological polar surface area (TPSA) is 49.4 Å². The number of carbonyl (C=O) groups excluding carboxylic acids is 2. The summed E-state index contributed by atoms with van der Waals surface area (Å²) in [6.07, 6.45) is 0.954. The first-order valence-corrected chi connectivity index (χ1v) is 7.28. The molecule has 0 aromatic heterocycles. The molecule has 0 saturated carbocycles. The van der Waals surface area contributed by atoms with Crippen LogP contribution in [0.15, 0.2) is 18.2 Å². The first-order valence-electron chi connectivity index (χ1n) is 7.28. The zero-order valence-corrected chi connectivity index (χ0v) is 12.9. The average molecular weight is 292 g/mol. The third-order valence-corrected chi connectivity index (χ3v) is 4.33. The van der Waals surface area contributed by atoms with E-state index in [0.29, 0.717) is 12.8 Å². The molecule has 0 radical (unpaired) electrons. The number of hydrogen-bond acceptors (Lipinski definition) is 2. The summed E-state index contributed by atoms with van der Waals surface area (Å²) in [5.41, 5.74) is -0.00438. The predicted molar refractivity (Wildman–Crippen MR) is 79.5 cm³/mol. The first kappa shape index (κ1) is 15.5. The minimum absolute atomic E-state index is 0.166. The van der Waals surface area contributed by atoms with E-state index >= 15 is 0 Å². The van der Waals surface area contributed by atoms with Crippen LogP contribution in [0.5, 0.6) is 0 Å². The molecule has 1 aliphatic rings.